The molecule has 756 valence electrons. The number of urea groups is 4. The van der Waals surface area contributed by atoms with Gasteiger partial charge in [0.2, 0.25) is 0 Å². The van der Waals surface area contributed by atoms with E-state index in [1.165, 1.54) is 36.4 Å². The second-order valence-electron chi connectivity index (χ2n) is 46.4. The first kappa shape index (κ1) is 94.1. The van der Waals surface area contributed by atoms with E-state index in [0.717, 1.165) is 190 Å². The molecule has 16 bridgehead atoms. The van der Waals surface area contributed by atoms with E-state index in [1.54, 1.807) is 105 Å². The van der Waals surface area contributed by atoms with E-state index in [-0.39, 0.29) is 123 Å². The molecule has 30 heteroatoms. The molecule has 20 aliphatic rings. The number of para-hydroxylation sites is 1. The van der Waals surface area contributed by atoms with Gasteiger partial charge in [0.15, 0.2) is 0 Å². The van der Waals surface area contributed by atoms with E-state index in [0.29, 0.717) is 130 Å². The van der Waals surface area contributed by atoms with Crippen molar-refractivity contribution in [3.05, 3.63) is 283 Å². The van der Waals surface area contributed by atoms with E-state index < -0.39 is 24.4 Å². The first-order chi connectivity index (χ1) is 70.8. The van der Waals surface area contributed by atoms with Gasteiger partial charge in [-0.1, -0.05) is 84.4 Å². The summed E-state index contributed by atoms with van der Waals surface area (Å²) < 4.78 is 81.1. The summed E-state index contributed by atoms with van der Waals surface area (Å²) in [6, 6.07) is 46.1. The standard InChI is InChI=1S/C30H33FN4O2.C29H30F2N4O2.C29H31FN4O2.C28H30FN5O2/c1-17-5-7-21(8-6-17)33-29(37)34-28-19-9-18-10-20(28)14-30(12-18,13-19)26(36)11-24-27-22(3-2-4-23(27)31)25-15-32-16-35(24)25;30-19-4-6-20(7-5-19)33-28(37)34-27-17-8-16-9-18(27)13-29(11-16,12-17)25(36)10-23-26-21(2-1-3-22(26)31)24-14-32-15-35(23)24;30-22-8-4-7-21-24-15-31-16-34(24)23(26(21)22)11-25(35)29-12-17-9-18(13-29)27(19(10-17)14-29)33-28(36)32-20-5-2-1-3-6-20;29-21-5-1-4-20-23-14-31-15-34(23)22(25(20)21)9-24(35)28-10-16-7-17(11-28)26(18(8-16)12-28)33-27(36)32-19-3-2-6-30-13-19/h2-8,15-16,18-20,24,26,28,36H,9-14H2,1H3,(H2,33,34,37);1-7,14-18,23,25,27,36H,8-13H2,(H2,33,34,37);1-8,15-19,23,25,27,35H,9-14H2,(H2,32,33,36);1-6,13-18,22,24,26,35H,7-12H2,(H2,32,33,36). The zero-order chi connectivity index (χ0) is 99.5. The Kier molecular flexibility index (Phi) is 24.0. The first-order valence-corrected chi connectivity index (χ1v) is 52.8. The van der Waals surface area contributed by atoms with E-state index in [9.17, 15) is 61.6 Å². The molecule has 4 aliphatic heterocycles. The van der Waals surface area contributed by atoms with Gasteiger partial charge in [0, 0.05) is 91.9 Å². The van der Waals surface area contributed by atoms with Crippen molar-refractivity contribution in [3.8, 4) is 45.0 Å². The van der Waals surface area contributed by atoms with Crippen LogP contribution in [0.15, 0.2) is 226 Å². The Hall–Kier alpha value is -12.9. The molecule has 25 nitrogen and oxygen atoms in total. The number of carbonyl (C=O) groups is 4. The maximum absolute atomic E-state index is 15.0. The average molecular weight is 1980 g/mol. The highest BCUT2D eigenvalue weighted by atomic mass is 19.1. The molecule has 0 spiro atoms. The second kappa shape index (κ2) is 37.2. The van der Waals surface area contributed by atoms with Crippen molar-refractivity contribution in [1.29, 1.82) is 0 Å². The number of rotatable bonds is 20. The first-order valence-electron chi connectivity index (χ1n) is 52.8. The Morgan fingerprint density at radius 2 is 0.568 bits per heavy atom. The van der Waals surface area contributed by atoms with Gasteiger partial charge in [-0.25, -0.2) is 61.1 Å². The highest BCUT2D eigenvalue weighted by Crippen LogP contribution is 2.68. The molecule has 16 unspecified atom stereocenters. The highest BCUT2D eigenvalue weighted by molar-refractivity contribution is 5.92. The van der Waals surface area contributed by atoms with Crippen LogP contribution in [0.2, 0.25) is 0 Å². The zero-order valence-corrected chi connectivity index (χ0v) is 81.5. The third-order valence-corrected chi connectivity index (χ3v) is 38.1. The van der Waals surface area contributed by atoms with Crippen LogP contribution in [0, 0.1) is 129 Å². The zero-order valence-electron chi connectivity index (χ0n) is 81.5. The summed E-state index contributed by atoms with van der Waals surface area (Å²) >= 11 is 0. The van der Waals surface area contributed by atoms with Crippen LogP contribution in [-0.2, 0) is 0 Å². The topological polar surface area (TPSA) is 330 Å². The molecular formula is C116H124F5N17O8. The molecule has 8 amide bonds. The number of aryl methyl sites for hydroxylation is 1. The summed E-state index contributed by atoms with van der Waals surface area (Å²) in [4.78, 5) is 72.4. The molecule has 16 atom stereocenters. The smallest absolute Gasteiger partial charge is 0.319 e. The van der Waals surface area contributed by atoms with Crippen molar-refractivity contribution in [3.63, 3.8) is 0 Å². The van der Waals surface area contributed by atoms with Crippen molar-refractivity contribution in [2.75, 3.05) is 21.3 Å². The predicted octanol–water partition coefficient (Wildman–Crippen LogP) is 21.3. The SMILES string of the molecule is Cc1ccc(NC(=O)NC2C3CC4CC2CC(C(O)CC2c5c(F)cccc5-c5cncn52)(C4)C3)cc1.O=C(Nc1ccc(F)cc1)NC1C2CC3CC1CC(C(O)CC1c4c(F)cccc4-c4cncn41)(C3)C2.O=C(Nc1ccccc1)NC1C2CC3CC1CC(C(O)CC1c4c(F)cccc4-c4cncn41)(C3)C2.O=C(Nc1cccnc1)NC1C2CC3CC1CC(C(O)CC1c4c(F)cccc4-c4cncn41)(C3)C2. The predicted molar refractivity (Wildman–Crippen MR) is 542 cm³/mol. The number of fused-ring (bicyclic) bond motifs is 12. The number of nitrogens with one attached hydrogen (secondary N) is 8. The summed E-state index contributed by atoms with van der Waals surface area (Å²) in [6.07, 6.45) is 37.1. The number of pyridine rings is 1. The number of hydrogen-bond donors (Lipinski definition) is 12. The van der Waals surface area contributed by atoms with Crippen LogP contribution in [0.4, 0.5) is 63.9 Å². The van der Waals surface area contributed by atoms with E-state index in [2.05, 4.69) is 67.5 Å². The highest BCUT2D eigenvalue weighted by Gasteiger charge is 2.64. The van der Waals surface area contributed by atoms with Gasteiger partial charge in [-0.2, -0.15) is 0 Å². The number of imidazole rings is 4. The molecule has 16 saturated carbocycles. The average Bonchev–Trinajstić information content (AvgIpc) is 1.26. The maximum Gasteiger partial charge on any atom is 0.319 e. The third kappa shape index (κ3) is 16.8. The molecule has 0 radical (unpaired) electrons. The molecule has 32 rings (SSSR count). The number of aromatic nitrogens is 9. The van der Waals surface area contributed by atoms with Gasteiger partial charge in [0.25, 0.3) is 0 Å². The Balaban J connectivity index is 0.000000102. The van der Waals surface area contributed by atoms with Crippen molar-refractivity contribution in [2.24, 2.45) is 92.7 Å². The summed E-state index contributed by atoms with van der Waals surface area (Å²) in [5, 5.41) is 71.7. The summed E-state index contributed by atoms with van der Waals surface area (Å²) in [5.74, 6) is 3.82. The van der Waals surface area contributed by atoms with Crippen LogP contribution < -0.4 is 42.5 Å². The van der Waals surface area contributed by atoms with Crippen molar-refractivity contribution >= 4 is 46.9 Å². The number of benzene rings is 7. The fourth-order valence-corrected chi connectivity index (χ4v) is 33.1. The van der Waals surface area contributed by atoms with Gasteiger partial charge in [-0.15, -0.1) is 0 Å². The second-order valence-corrected chi connectivity index (χ2v) is 46.4. The van der Waals surface area contributed by atoms with Crippen LogP contribution in [0.1, 0.15) is 206 Å². The molecule has 9 heterocycles. The lowest BCUT2D eigenvalue weighted by atomic mass is 9.46. The van der Waals surface area contributed by atoms with Crippen LogP contribution in [0.3, 0.4) is 0 Å². The van der Waals surface area contributed by atoms with E-state index >= 15 is 0 Å². The number of carbonyl (C=O) groups excluding carboxylic acids is 4. The molecular weight excluding hydrogens is 1850 g/mol. The summed E-state index contributed by atoms with van der Waals surface area (Å²) in [7, 11) is 0. The number of aliphatic hydroxyl groups is 4. The van der Waals surface area contributed by atoms with Crippen LogP contribution in [0.25, 0.3) is 45.0 Å². The van der Waals surface area contributed by atoms with Gasteiger partial charge < -0.3 is 81.2 Å². The Labute approximate surface area is 844 Å². The summed E-state index contributed by atoms with van der Waals surface area (Å²) in [6.45, 7) is 2.03. The molecule has 146 heavy (non-hydrogen) atoms. The molecule has 12 N–H and O–H groups in total. The largest absolute Gasteiger partial charge is 0.392 e. The minimum Gasteiger partial charge on any atom is -0.392 e. The Bertz CT molecular complexity index is 6490. The third-order valence-electron chi connectivity index (χ3n) is 38.1. The number of hydrogen-bond acceptors (Lipinski definition) is 13. The number of halogens is 5. The van der Waals surface area contributed by atoms with E-state index in [1.807, 2.05) is 110 Å². The van der Waals surface area contributed by atoms with Crippen LogP contribution >= 0.6 is 0 Å². The monoisotopic (exact) mass is 1980 g/mol. The fourth-order valence-electron chi connectivity index (χ4n) is 33.1. The molecule has 16 fully saturated rings. The Morgan fingerprint density at radius 1 is 0.308 bits per heavy atom. The lowest BCUT2D eigenvalue weighted by molar-refractivity contribution is -0.135. The summed E-state index contributed by atoms with van der Waals surface area (Å²) in [5.41, 5.74) is 13.1. The van der Waals surface area contributed by atoms with Crippen molar-refractivity contribution < 1.29 is 61.6 Å². The van der Waals surface area contributed by atoms with E-state index in [4.69, 9.17) is 0 Å². The number of nitrogens with zero attached hydrogens (tertiary/aromatic N) is 9. The fraction of sp³-hybridized carbons (Fsp3) is 0.457. The number of amides is 8. The molecule has 7 aromatic carbocycles. The quantitative estimate of drug-likeness (QED) is 0.0316. The van der Waals surface area contributed by atoms with Gasteiger partial charge >= 0.3 is 24.1 Å². The van der Waals surface area contributed by atoms with Crippen LogP contribution in [0.5, 0.6) is 0 Å². The van der Waals surface area contributed by atoms with Gasteiger partial charge in [-0.3, -0.25) is 4.98 Å². The lowest BCUT2D eigenvalue weighted by Gasteiger charge is -2.61. The number of aliphatic hydroxyl groups excluding tert-OH is 4. The molecule has 16 aliphatic carbocycles. The van der Waals surface area contributed by atoms with Gasteiger partial charge in [0.1, 0.15) is 29.1 Å². The van der Waals surface area contributed by atoms with Crippen molar-refractivity contribution in [1.82, 2.24) is 64.5 Å². The molecule has 5 aromatic heterocycles. The normalized spacial score (nSPS) is 31.8. The molecule has 0 saturated heterocycles. The van der Waals surface area contributed by atoms with Crippen LogP contribution in [-0.4, -0.2) is 136 Å². The molecule has 12 aromatic rings. The van der Waals surface area contributed by atoms with Crippen molar-refractivity contribution in [2.45, 2.75) is 234 Å². The minimum atomic E-state index is -0.569. The lowest BCUT2D eigenvalue weighted by Crippen LogP contribution is -2.62. The van der Waals surface area contributed by atoms with Gasteiger partial charge in [-0.05, 0) is 339 Å². The maximum atomic E-state index is 15.0. The Morgan fingerprint density at radius 3 is 0.842 bits per heavy atom. The minimum absolute atomic E-state index is 0.0576. The van der Waals surface area contributed by atoms with Gasteiger partial charge in [0.05, 0.1) is 133 Å². The number of anilines is 4.